The Bertz CT molecular complexity index is 1840. The first-order chi connectivity index (χ1) is 28.1. The molecule has 4 aliphatic rings. The van der Waals surface area contributed by atoms with Crippen molar-refractivity contribution in [1.29, 1.82) is 0 Å². The average molecular weight is 831 g/mol. The van der Waals surface area contributed by atoms with E-state index in [0.717, 1.165) is 12.8 Å². The zero-order valence-electron chi connectivity index (χ0n) is 36.8. The number of amides is 2. The summed E-state index contributed by atoms with van der Waals surface area (Å²) in [4.78, 5) is 67.6. The van der Waals surface area contributed by atoms with Crippen LogP contribution >= 0.6 is 0 Å². The molecule has 1 saturated heterocycles. The Morgan fingerprint density at radius 3 is 2.18 bits per heavy atom. The van der Waals surface area contributed by atoms with Crippen LogP contribution in [0, 0.1) is 52.8 Å². The van der Waals surface area contributed by atoms with Crippen LogP contribution in [0.1, 0.15) is 129 Å². The largest absolute Gasteiger partial charge is 0.461 e. The number of benzene rings is 1. The second-order valence-electron chi connectivity index (χ2n) is 18.7. The number of Topliss-reactive ketones (excluding diaryl/α,β-unsaturated/α-hetero) is 3. The molecule has 1 aromatic carbocycles. The molecule has 1 aliphatic heterocycles. The topological polar surface area (TPSA) is 220 Å². The van der Waals surface area contributed by atoms with Crippen molar-refractivity contribution in [2.75, 3.05) is 13.1 Å². The van der Waals surface area contributed by atoms with E-state index in [2.05, 4.69) is 55.1 Å². The van der Waals surface area contributed by atoms with E-state index in [1.165, 1.54) is 6.92 Å². The van der Waals surface area contributed by atoms with Crippen molar-refractivity contribution in [3.05, 3.63) is 35.4 Å². The van der Waals surface area contributed by atoms with E-state index in [1.807, 2.05) is 6.92 Å². The maximum atomic E-state index is 13.8. The minimum atomic E-state index is -1.35. The van der Waals surface area contributed by atoms with E-state index < -0.39 is 65.9 Å². The number of ketones is 3. The third kappa shape index (κ3) is 12.4. The van der Waals surface area contributed by atoms with Gasteiger partial charge in [0.05, 0.1) is 23.9 Å². The van der Waals surface area contributed by atoms with E-state index in [0.29, 0.717) is 48.8 Å². The Kier molecular flexibility index (Phi) is 16.9. The van der Waals surface area contributed by atoms with Crippen molar-refractivity contribution in [2.45, 2.75) is 154 Å². The standard InChI is InChI=1S/C46H67BN4O9/c1-28(42(56)50-35(14-10-12-21-48)37(54)24-29(2)47-59-40-27-34-26-39(45(34,6)7)46(40,8)60-47)23-38(55)41(30(3)52)51-43(57)33(19-22-49)25-36(53)32-17-15-31(16-18-32)13-9-11-20-44(4,5)58/h15-18,28-30,33-35,39-41,52,58H,10,12,14,19,21-27,48-49H2,1-8H3,(H,50,56)(H,51,57)/t28-,29-,30-,33-,34+,35+,39+,40-,41+,46+/m1/s1. The van der Waals surface area contributed by atoms with Gasteiger partial charge in [-0.2, -0.15) is 0 Å². The third-order valence-corrected chi connectivity index (χ3v) is 12.9. The molecule has 0 spiro atoms. The number of rotatable bonds is 21. The average Bonchev–Trinajstić information content (AvgIpc) is 3.55. The molecule has 0 radical (unpaired) electrons. The van der Waals surface area contributed by atoms with Crippen molar-refractivity contribution in [1.82, 2.24) is 10.6 Å². The minimum absolute atomic E-state index is 0.0111. The first kappa shape index (κ1) is 48.8. The zero-order chi connectivity index (χ0) is 44.6. The van der Waals surface area contributed by atoms with Crippen LogP contribution in [0.3, 0.4) is 0 Å². The van der Waals surface area contributed by atoms with Gasteiger partial charge in [0, 0.05) is 42.2 Å². The van der Waals surface area contributed by atoms with Crippen LogP contribution in [0.5, 0.6) is 0 Å². The molecule has 3 aliphatic carbocycles. The van der Waals surface area contributed by atoms with Crippen LogP contribution < -0.4 is 22.1 Å². The Morgan fingerprint density at radius 2 is 1.58 bits per heavy atom. The van der Waals surface area contributed by atoms with Crippen LogP contribution in [0.25, 0.3) is 0 Å². The van der Waals surface area contributed by atoms with Crippen molar-refractivity contribution in [3.8, 4) is 23.7 Å². The van der Waals surface area contributed by atoms with E-state index in [1.54, 1.807) is 45.0 Å². The molecule has 10 atom stereocenters. The maximum absolute atomic E-state index is 13.8. The summed E-state index contributed by atoms with van der Waals surface area (Å²) in [5, 5.41) is 25.8. The van der Waals surface area contributed by atoms with Gasteiger partial charge in [0.2, 0.25) is 11.8 Å². The number of aliphatic hydroxyl groups excluding tert-OH is 1. The van der Waals surface area contributed by atoms with Crippen LogP contribution in [-0.2, 0) is 28.5 Å². The lowest BCUT2D eigenvalue weighted by molar-refractivity contribution is -0.199. The molecule has 8 N–H and O–H groups in total. The van der Waals surface area contributed by atoms with Gasteiger partial charge >= 0.3 is 7.12 Å². The Hall–Kier alpha value is -3.89. The molecule has 328 valence electrons. The highest BCUT2D eigenvalue weighted by Gasteiger charge is 2.68. The molecule has 1 heterocycles. The summed E-state index contributed by atoms with van der Waals surface area (Å²) < 4.78 is 13.0. The number of nitrogens with one attached hydrogen (secondary N) is 2. The van der Waals surface area contributed by atoms with Crippen LogP contribution in [0.15, 0.2) is 24.3 Å². The first-order valence-electron chi connectivity index (χ1n) is 21.6. The predicted molar refractivity (Wildman–Crippen MR) is 230 cm³/mol. The monoisotopic (exact) mass is 831 g/mol. The lowest BCUT2D eigenvalue weighted by Gasteiger charge is -2.64. The highest BCUT2D eigenvalue weighted by molar-refractivity contribution is 6.47. The molecule has 14 heteroatoms. The molecule has 60 heavy (non-hydrogen) atoms. The molecule has 4 fully saturated rings. The number of aliphatic hydroxyl groups is 2. The smallest absolute Gasteiger partial charge is 0.405 e. The highest BCUT2D eigenvalue weighted by Crippen LogP contribution is 2.66. The van der Waals surface area contributed by atoms with Crippen molar-refractivity contribution >= 4 is 36.3 Å². The van der Waals surface area contributed by atoms with Gasteiger partial charge in [-0.05, 0) is 126 Å². The van der Waals surface area contributed by atoms with Crippen LogP contribution in [0.4, 0.5) is 0 Å². The molecule has 0 unspecified atom stereocenters. The highest BCUT2D eigenvalue weighted by atomic mass is 16.7. The van der Waals surface area contributed by atoms with Gasteiger partial charge in [0.15, 0.2) is 17.3 Å². The van der Waals surface area contributed by atoms with Crippen molar-refractivity contribution < 1.29 is 43.5 Å². The van der Waals surface area contributed by atoms with E-state index in [-0.39, 0.29) is 61.1 Å². The maximum Gasteiger partial charge on any atom is 0.461 e. The molecule has 2 amide bonds. The van der Waals surface area contributed by atoms with Gasteiger partial charge in [-0.15, -0.1) is 0 Å². The lowest BCUT2D eigenvalue weighted by atomic mass is 9.43. The predicted octanol–water partition coefficient (Wildman–Crippen LogP) is 3.50. The Morgan fingerprint density at radius 1 is 0.900 bits per heavy atom. The Balaban J connectivity index is 1.33. The number of hydrogen-bond acceptors (Lipinski definition) is 11. The molecule has 5 rings (SSSR count). The number of hydrogen-bond donors (Lipinski definition) is 6. The van der Waals surface area contributed by atoms with Gasteiger partial charge in [-0.1, -0.05) is 51.7 Å². The van der Waals surface area contributed by atoms with E-state index in [9.17, 15) is 34.2 Å². The van der Waals surface area contributed by atoms with Gasteiger partial charge in [-0.3, -0.25) is 24.0 Å². The van der Waals surface area contributed by atoms with E-state index >= 15 is 0 Å². The fourth-order valence-electron chi connectivity index (χ4n) is 8.98. The number of carbonyl (C=O) groups excluding carboxylic acids is 5. The summed E-state index contributed by atoms with van der Waals surface area (Å²) in [5.74, 6) is 7.47. The van der Waals surface area contributed by atoms with Crippen LogP contribution in [-0.4, -0.2) is 95.1 Å². The first-order valence-corrected chi connectivity index (χ1v) is 21.6. The normalized spacial score (nSPS) is 24.3. The summed E-state index contributed by atoms with van der Waals surface area (Å²) >= 11 is 0. The summed E-state index contributed by atoms with van der Waals surface area (Å²) in [6.45, 7) is 15.2. The number of nitrogens with two attached hydrogens (primary N) is 2. The fraction of sp³-hybridized carbons (Fsp3) is 0.674. The van der Waals surface area contributed by atoms with Crippen molar-refractivity contribution in [3.63, 3.8) is 0 Å². The molecule has 1 aromatic rings. The SMILES string of the molecule is C[C@H](CC(=O)[C@H](CCCCN)NC(=O)[C@H](C)CC(=O)[C@@H](NC(=O)[C@H](CCN)CC(=O)c1ccc(C#CC#CC(C)(C)O)cc1)[C@@H](C)O)B1O[C@@H]2C[C@@H]3C[C@@H](C3(C)C)[C@]2(C)O1. The fourth-order valence-corrected chi connectivity index (χ4v) is 8.98. The van der Waals surface area contributed by atoms with Crippen molar-refractivity contribution in [2.24, 2.45) is 40.6 Å². The second kappa shape index (κ2) is 20.8. The summed E-state index contributed by atoms with van der Waals surface area (Å²) in [5.41, 5.74) is 11.1. The minimum Gasteiger partial charge on any atom is -0.405 e. The molecule has 2 bridgehead atoms. The second-order valence-corrected chi connectivity index (χ2v) is 18.7. The number of carbonyl (C=O) groups is 5. The van der Waals surface area contributed by atoms with Gasteiger partial charge in [-0.25, -0.2) is 0 Å². The Labute approximate surface area is 356 Å². The summed E-state index contributed by atoms with van der Waals surface area (Å²) in [6, 6.07) is 4.32. The summed E-state index contributed by atoms with van der Waals surface area (Å²) in [7, 11) is -0.531. The zero-order valence-corrected chi connectivity index (χ0v) is 36.8. The molecule has 3 saturated carbocycles. The van der Waals surface area contributed by atoms with Gasteiger partial charge in [0.25, 0.3) is 0 Å². The number of unbranched alkanes of at least 4 members (excludes halogenated alkanes) is 1. The molecule has 13 nitrogen and oxygen atoms in total. The lowest BCUT2D eigenvalue weighted by Crippen LogP contribution is -2.65. The molecule has 0 aromatic heterocycles. The van der Waals surface area contributed by atoms with E-state index in [4.69, 9.17) is 20.8 Å². The van der Waals surface area contributed by atoms with Gasteiger partial charge < -0.3 is 41.6 Å². The molecular weight excluding hydrogens is 763 g/mol. The van der Waals surface area contributed by atoms with Crippen LogP contribution in [0.2, 0.25) is 5.82 Å². The quantitative estimate of drug-likeness (QED) is 0.0456. The van der Waals surface area contributed by atoms with Gasteiger partial charge in [0.1, 0.15) is 11.6 Å². The third-order valence-electron chi connectivity index (χ3n) is 12.9. The molecular formula is C46H67BN4O9. The summed E-state index contributed by atoms with van der Waals surface area (Å²) in [6.07, 6.45) is 2.19.